The summed E-state index contributed by atoms with van der Waals surface area (Å²) in [7, 11) is 0. The lowest BCUT2D eigenvalue weighted by Crippen LogP contribution is -2.39. The zero-order valence-corrected chi connectivity index (χ0v) is 19.2. The summed E-state index contributed by atoms with van der Waals surface area (Å²) in [4.78, 5) is 4.64. The molecule has 2 aromatic heterocycles. The molecule has 10 heteroatoms. The van der Waals surface area contributed by atoms with Crippen molar-refractivity contribution in [3.8, 4) is 17.3 Å². The third-order valence-corrected chi connectivity index (χ3v) is 6.78. The Bertz CT molecular complexity index is 1350. The highest BCUT2D eigenvalue weighted by Gasteiger charge is 2.43. The van der Waals surface area contributed by atoms with Gasteiger partial charge in [-0.2, -0.15) is 5.26 Å². The summed E-state index contributed by atoms with van der Waals surface area (Å²) in [5, 5.41) is 37.1. The van der Waals surface area contributed by atoms with Gasteiger partial charge in [0.2, 0.25) is 6.33 Å². The van der Waals surface area contributed by atoms with Crippen molar-refractivity contribution in [1.29, 1.82) is 5.26 Å². The van der Waals surface area contributed by atoms with Gasteiger partial charge in [0.15, 0.2) is 6.23 Å². The molecule has 174 valence electrons. The second-order valence-corrected chi connectivity index (χ2v) is 8.94. The molecule has 0 aliphatic heterocycles. The van der Waals surface area contributed by atoms with Crippen LogP contribution in [-0.4, -0.2) is 25.0 Å². The van der Waals surface area contributed by atoms with E-state index in [9.17, 15) is 19.0 Å². The molecule has 0 radical (unpaired) electrons. The van der Waals surface area contributed by atoms with Gasteiger partial charge in [0, 0.05) is 27.5 Å². The standard InChI is InChI=1S/C24H22F2N5O2S/c1-15(23-29-22(11-34-23)18-5-3-17(10-27)4-6-18)24(33,20-9-19(25)7-8-21(20)26)12-31-14-30(13-28-31)16(2)32/h3-9,11,13-16,32-33H,12H2,1-2H3/q+1/t15-,16?,24+/m0/s1. The van der Waals surface area contributed by atoms with Gasteiger partial charge in [-0.05, 0) is 37.3 Å². The second-order valence-electron chi connectivity index (χ2n) is 8.05. The van der Waals surface area contributed by atoms with Crippen molar-refractivity contribution in [2.45, 2.75) is 38.1 Å². The van der Waals surface area contributed by atoms with Gasteiger partial charge in [-0.3, -0.25) is 0 Å². The molecule has 0 bridgehead atoms. The van der Waals surface area contributed by atoms with Gasteiger partial charge in [-0.1, -0.05) is 19.1 Å². The summed E-state index contributed by atoms with van der Waals surface area (Å²) in [5.41, 5.74) is -0.163. The molecule has 0 aliphatic rings. The Kier molecular flexibility index (Phi) is 6.52. The molecule has 0 saturated heterocycles. The Morgan fingerprint density at radius 2 is 1.94 bits per heavy atom. The molecule has 0 fully saturated rings. The van der Waals surface area contributed by atoms with Crippen LogP contribution < -0.4 is 4.57 Å². The zero-order valence-electron chi connectivity index (χ0n) is 18.4. The maximum Gasteiger partial charge on any atom is 0.267 e. The van der Waals surface area contributed by atoms with E-state index >= 15 is 0 Å². The van der Waals surface area contributed by atoms with E-state index in [1.54, 1.807) is 38.1 Å². The van der Waals surface area contributed by atoms with E-state index in [4.69, 9.17) is 5.26 Å². The molecule has 1 unspecified atom stereocenters. The van der Waals surface area contributed by atoms with Gasteiger partial charge in [-0.25, -0.2) is 18.3 Å². The number of benzene rings is 2. The quantitative estimate of drug-likeness (QED) is 0.392. The summed E-state index contributed by atoms with van der Waals surface area (Å²) < 4.78 is 31.8. The number of aliphatic hydroxyl groups is 2. The van der Waals surface area contributed by atoms with E-state index < -0.39 is 29.4 Å². The van der Waals surface area contributed by atoms with Crippen LogP contribution in [0.1, 0.15) is 42.1 Å². The smallest absolute Gasteiger partial charge is 0.267 e. The van der Waals surface area contributed by atoms with Crippen molar-refractivity contribution >= 4 is 11.3 Å². The Balaban J connectivity index is 1.74. The van der Waals surface area contributed by atoms with Gasteiger partial charge in [0.05, 0.1) is 22.3 Å². The van der Waals surface area contributed by atoms with Crippen LogP contribution in [0, 0.1) is 23.0 Å². The first-order valence-corrected chi connectivity index (χ1v) is 11.3. The number of rotatable bonds is 7. The molecule has 34 heavy (non-hydrogen) atoms. The molecule has 4 rings (SSSR count). The minimum Gasteiger partial charge on any atom is -0.381 e. The van der Waals surface area contributed by atoms with Crippen LogP contribution in [0.2, 0.25) is 0 Å². The lowest BCUT2D eigenvalue weighted by Gasteiger charge is -2.32. The van der Waals surface area contributed by atoms with Crippen molar-refractivity contribution in [3.63, 3.8) is 0 Å². The van der Waals surface area contributed by atoms with Crippen LogP contribution in [0.5, 0.6) is 0 Å². The predicted octanol–water partition coefficient (Wildman–Crippen LogP) is 3.65. The van der Waals surface area contributed by atoms with Gasteiger partial charge in [0.1, 0.15) is 23.8 Å². The Morgan fingerprint density at radius 1 is 1.21 bits per heavy atom. The fraction of sp³-hybridized carbons (Fsp3) is 0.250. The van der Waals surface area contributed by atoms with Crippen LogP contribution >= 0.6 is 11.3 Å². The number of aliphatic hydroxyl groups excluding tert-OH is 1. The van der Waals surface area contributed by atoms with Crippen molar-refractivity contribution in [1.82, 2.24) is 14.8 Å². The highest BCUT2D eigenvalue weighted by Crippen LogP contribution is 2.41. The number of aromatic nitrogens is 4. The van der Waals surface area contributed by atoms with E-state index in [1.807, 2.05) is 5.38 Å². The zero-order chi connectivity index (χ0) is 24.5. The first kappa shape index (κ1) is 23.6. The topological polar surface area (TPSA) is 98.8 Å². The lowest BCUT2D eigenvalue weighted by molar-refractivity contribution is -0.756. The highest BCUT2D eigenvalue weighted by molar-refractivity contribution is 7.10. The number of nitriles is 1. The van der Waals surface area contributed by atoms with Crippen molar-refractivity contribution in [3.05, 3.63) is 88.3 Å². The first-order chi connectivity index (χ1) is 16.2. The van der Waals surface area contributed by atoms with Crippen LogP contribution in [0.4, 0.5) is 8.78 Å². The third kappa shape index (κ3) is 4.59. The van der Waals surface area contributed by atoms with E-state index in [-0.39, 0.29) is 12.1 Å². The van der Waals surface area contributed by atoms with E-state index in [1.165, 1.54) is 33.2 Å². The maximum atomic E-state index is 14.9. The number of hydrogen-bond donors (Lipinski definition) is 2. The lowest BCUT2D eigenvalue weighted by atomic mass is 9.82. The summed E-state index contributed by atoms with van der Waals surface area (Å²) in [6, 6.07) is 11.9. The van der Waals surface area contributed by atoms with Crippen molar-refractivity contribution < 1.29 is 23.6 Å². The molecule has 0 aliphatic carbocycles. The molecule has 3 atom stereocenters. The molecule has 2 N–H and O–H groups in total. The molecule has 2 aromatic carbocycles. The monoisotopic (exact) mass is 482 g/mol. The van der Waals surface area contributed by atoms with E-state index in [2.05, 4.69) is 16.2 Å². The molecule has 7 nitrogen and oxygen atoms in total. The molecule has 4 aromatic rings. The summed E-state index contributed by atoms with van der Waals surface area (Å²) >= 11 is 1.29. The fourth-order valence-corrected chi connectivity index (χ4v) is 4.66. The Labute approximate surface area is 198 Å². The van der Waals surface area contributed by atoms with Crippen LogP contribution in [0.3, 0.4) is 0 Å². The number of hydrogen-bond acceptors (Lipinski definition) is 6. The minimum atomic E-state index is -1.91. The first-order valence-electron chi connectivity index (χ1n) is 10.5. The molecular formula is C24H22F2N5O2S+. The molecule has 2 heterocycles. The van der Waals surface area contributed by atoms with Gasteiger partial charge in [-0.15, -0.1) is 16.0 Å². The van der Waals surface area contributed by atoms with Gasteiger partial charge >= 0.3 is 0 Å². The maximum absolute atomic E-state index is 14.9. The molecular weight excluding hydrogens is 460 g/mol. The van der Waals surface area contributed by atoms with Crippen molar-refractivity contribution in [2.24, 2.45) is 0 Å². The predicted molar refractivity (Wildman–Crippen MR) is 120 cm³/mol. The fourth-order valence-electron chi connectivity index (χ4n) is 3.68. The molecule has 0 amide bonds. The summed E-state index contributed by atoms with van der Waals surface area (Å²) in [5.74, 6) is -2.18. The minimum absolute atomic E-state index is 0.208. The van der Waals surface area contributed by atoms with Gasteiger partial charge in [0.25, 0.3) is 6.33 Å². The SMILES string of the molecule is CC(O)[n+]1cnn(C[C@](O)(c2cc(F)ccc2F)[C@@H](C)c2nc(-c3ccc(C#N)cc3)cs2)c1. The normalized spacial score (nSPS) is 14.9. The van der Waals surface area contributed by atoms with E-state index in [0.717, 1.165) is 23.8 Å². The largest absolute Gasteiger partial charge is 0.381 e. The average molecular weight is 483 g/mol. The van der Waals surface area contributed by atoms with Crippen LogP contribution in [0.15, 0.2) is 60.5 Å². The van der Waals surface area contributed by atoms with Crippen molar-refractivity contribution in [2.75, 3.05) is 0 Å². The number of thiazole rings is 1. The van der Waals surface area contributed by atoms with Crippen LogP contribution in [-0.2, 0) is 12.1 Å². The third-order valence-electron chi connectivity index (χ3n) is 5.75. The number of halogens is 2. The van der Waals surface area contributed by atoms with E-state index in [0.29, 0.717) is 16.3 Å². The highest BCUT2D eigenvalue weighted by atomic mass is 32.1. The summed E-state index contributed by atoms with van der Waals surface area (Å²) in [6.07, 6.45) is 2.01. The Morgan fingerprint density at radius 3 is 2.59 bits per heavy atom. The second kappa shape index (κ2) is 9.38. The number of nitrogens with zero attached hydrogens (tertiary/aromatic N) is 5. The molecule has 0 saturated carbocycles. The van der Waals surface area contributed by atoms with Gasteiger partial charge < -0.3 is 10.2 Å². The summed E-state index contributed by atoms with van der Waals surface area (Å²) in [6.45, 7) is 3.03. The Hall–Kier alpha value is -3.52. The average Bonchev–Trinajstić information content (AvgIpc) is 3.50. The van der Waals surface area contributed by atoms with Crippen LogP contribution in [0.25, 0.3) is 11.3 Å². The molecule has 0 spiro atoms.